The van der Waals surface area contributed by atoms with Gasteiger partial charge in [-0.2, -0.15) is 0 Å². The van der Waals surface area contributed by atoms with Gasteiger partial charge in [0.2, 0.25) is 5.88 Å². The van der Waals surface area contributed by atoms with Crippen LogP contribution in [0.25, 0.3) is 0 Å². The van der Waals surface area contributed by atoms with Gasteiger partial charge in [0.15, 0.2) is 0 Å². The smallest absolute Gasteiger partial charge is 0.337 e. The summed E-state index contributed by atoms with van der Waals surface area (Å²) in [6, 6.07) is 3.11. The van der Waals surface area contributed by atoms with E-state index in [9.17, 15) is 4.79 Å². The van der Waals surface area contributed by atoms with Crippen molar-refractivity contribution in [2.75, 3.05) is 0 Å². The van der Waals surface area contributed by atoms with E-state index in [1.165, 1.54) is 6.07 Å². The van der Waals surface area contributed by atoms with Gasteiger partial charge in [-0.1, -0.05) is 13.8 Å². The third kappa shape index (κ3) is 2.95. The Morgan fingerprint density at radius 3 is 2.44 bits per heavy atom. The Morgan fingerprint density at radius 1 is 1.38 bits per heavy atom. The third-order valence-corrected chi connectivity index (χ3v) is 2.54. The minimum absolute atomic E-state index is 0.0579. The molecule has 0 aliphatic rings. The summed E-state index contributed by atoms with van der Waals surface area (Å²) < 4.78 is 5.59. The number of carbonyl (C=O) groups is 1. The molecule has 1 aromatic rings. The maximum Gasteiger partial charge on any atom is 0.337 e. The maximum atomic E-state index is 10.8. The molecule has 88 valence electrons. The van der Waals surface area contributed by atoms with Crippen LogP contribution in [0.15, 0.2) is 12.1 Å². The van der Waals surface area contributed by atoms with E-state index in [1.54, 1.807) is 13.0 Å². The summed E-state index contributed by atoms with van der Waals surface area (Å²) >= 11 is 0. The molecule has 1 heterocycles. The van der Waals surface area contributed by atoms with Gasteiger partial charge in [0, 0.05) is 6.07 Å². The van der Waals surface area contributed by atoms with Crippen molar-refractivity contribution in [2.45, 2.75) is 33.8 Å². The minimum atomic E-state index is -0.964. The van der Waals surface area contributed by atoms with Crippen LogP contribution in [-0.4, -0.2) is 22.2 Å². The van der Waals surface area contributed by atoms with Crippen molar-refractivity contribution in [3.63, 3.8) is 0 Å². The van der Waals surface area contributed by atoms with Crippen molar-refractivity contribution in [1.82, 2.24) is 4.98 Å². The number of hydrogen-bond acceptors (Lipinski definition) is 3. The van der Waals surface area contributed by atoms with Gasteiger partial charge in [0.05, 0.1) is 17.4 Å². The summed E-state index contributed by atoms with van der Waals surface area (Å²) in [6.45, 7) is 7.75. The number of ether oxygens (including phenoxy) is 1. The standard InChI is InChI=1S/C12H17NO3/c1-7(2)9(4)16-11-6-5-10(12(14)15)8(3)13-11/h5-7,9H,1-4H3,(H,14,15). The number of rotatable bonds is 4. The highest BCUT2D eigenvalue weighted by Gasteiger charge is 2.12. The lowest BCUT2D eigenvalue weighted by atomic mass is 10.1. The first kappa shape index (κ1) is 12.5. The van der Waals surface area contributed by atoms with Crippen LogP contribution in [0, 0.1) is 12.8 Å². The predicted octanol–water partition coefficient (Wildman–Crippen LogP) is 2.51. The molecule has 1 unspecified atom stereocenters. The molecule has 0 spiro atoms. The van der Waals surface area contributed by atoms with Crippen molar-refractivity contribution in [3.05, 3.63) is 23.4 Å². The van der Waals surface area contributed by atoms with Crippen LogP contribution in [0.3, 0.4) is 0 Å². The molecule has 0 aliphatic carbocycles. The highest BCUT2D eigenvalue weighted by molar-refractivity contribution is 5.88. The van der Waals surface area contributed by atoms with E-state index in [-0.39, 0.29) is 11.7 Å². The SMILES string of the molecule is Cc1nc(OC(C)C(C)C)ccc1C(=O)O. The minimum Gasteiger partial charge on any atom is -0.478 e. The largest absolute Gasteiger partial charge is 0.478 e. The fraction of sp³-hybridized carbons (Fsp3) is 0.500. The van der Waals surface area contributed by atoms with Crippen LogP contribution in [0.2, 0.25) is 0 Å². The molecule has 1 N–H and O–H groups in total. The lowest BCUT2D eigenvalue weighted by molar-refractivity contribution is 0.0695. The Kier molecular flexibility index (Phi) is 3.88. The van der Waals surface area contributed by atoms with Crippen LogP contribution in [0.4, 0.5) is 0 Å². The van der Waals surface area contributed by atoms with Crippen LogP contribution >= 0.6 is 0 Å². The lowest BCUT2D eigenvalue weighted by Crippen LogP contribution is -2.19. The Balaban J connectivity index is 2.85. The van der Waals surface area contributed by atoms with Gasteiger partial charge in [0.1, 0.15) is 0 Å². The topological polar surface area (TPSA) is 59.4 Å². The number of aromatic nitrogens is 1. The van der Waals surface area contributed by atoms with Gasteiger partial charge in [-0.25, -0.2) is 9.78 Å². The van der Waals surface area contributed by atoms with Crippen molar-refractivity contribution >= 4 is 5.97 Å². The summed E-state index contributed by atoms with van der Waals surface area (Å²) in [5.74, 6) is -0.0987. The number of hydrogen-bond donors (Lipinski definition) is 1. The van der Waals surface area contributed by atoms with Gasteiger partial charge >= 0.3 is 5.97 Å². The van der Waals surface area contributed by atoms with Crippen LogP contribution in [0.1, 0.15) is 36.8 Å². The third-order valence-electron chi connectivity index (χ3n) is 2.54. The van der Waals surface area contributed by atoms with E-state index in [0.29, 0.717) is 17.5 Å². The van der Waals surface area contributed by atoms with Gasteiger partial charge in [0.25, 0.3) is 0 Å². The Hall–Kier alpha value is -1.58. The van der Waals surface area contributed by atoms with Crippen molar-refractivity contribution in [1.29, 1.82) is 0 Å². The molecule has 0 amide bonds. The van der Waals surface area contributed by atoms with Crippen molar-refractivity contribution in [3.8, 4) is 5.88 Å². The monoisotopic (exact) mass is 223 g/mol. The van der Waals surface area contributed by atoms with E-state index in [0.717, 1.165) is 0 Å². The zero-order chi connectivity index (χ0) is 12.3. The van der Waals surface area contributed by atoms with Crippen molar-refractivity contribution in [2.24, 2.45) is 5.92 Å². The van der Waals surface area contributed by atoms with Crippen LogP contribution < -0.4 is 4.74 Å². The first-order valence-corrected chi connectivity index (χ1v) is 5.29. The molecule has 4 heteroatoms. The fourth-order valence-electron chi connectivity index (χ4n) is 1.16. The normalized spacial score (nSPS) is 12.6. The number of aromatic carboxylic acids is 1. The van der Waals surface area contributed by atoms with E-state index in [4.69, 9.17) is 9.84 Å². The second-order valence-corrected chi connectivity index (χ2v) is 4.15. The summed E-state index contributed by atoms with van der Waals surface area (Å²) in [7, 11) is 0. The Labute approximate surface area is 95.3 Å². The van der Waals surface area contributed by atoms with E-state index in [1.807, 2.05) is 6.92 Å². The molecule has 0 saturated heterocycles. The summed E-state index contributed by atoms with van der Waals surface area (Å²) in [6.07, 6.45) is 0.0579. The molecule has 0 saturated carbocycles. The summed E-state index contributed by atoms with van der Waals surface area (Å²) in [5.41, 5.74) is 0.686. The molecule has 0 radical (unpaired) electrons. The summed E-state index contributed by atoms with van der Waals surface area (Å²) in [4.78, 5) is 14.9. The molecule has 0 bridgehead atoms. The first-order valence-electron chi connectivity index (χ1n) is 5.29. The molecule has 4 nitrogen and oxygen atoms in total. The highest BCUT2D eigenvalue weighted by Crippen LogP contribution is 2.16. The van der Waals surface area contributed by atoms with Gasteiger partial charge in [-0.3, -0.25) is 0 Å². The molecular weight excluding hydrogens is 206 g/mol. The van der Waals surface area contributed by atoms with Crippen molar-refractivity contribution < 1.29 is 14.6 Å². The Morgan fingerprint density at radius 2 is 2.00 bits per heavy atom. The molecular formula is C12H17NO3. The first-order chi connectivity index (χ1) is 7.41. The van der Waals surface area contributed by atoms with Crippen LogP contribution in [-0.2, 0) is 0 Å². The average molecular weight is 223 g/mol. The zero-order valence-electron chi connectivity index (χ0n) is 10.0. The maximum absolute atomic E-state index is 10.8. The predicted molar refractivity (Wildman–Crippen MR) is 60.9 cm³/mol. The highest BCUT2D eigenvalue weighted by atomic mass is 16.5. The number of aryl methyl sites for hydroxylation is 1. The molecule has 1 aromatic heterocycles. The van der Waals surface area contributed by atoms with E-state index >= 15 is 0 Å². The average Bonchev–Trinajstić information content (AvgIpc) is 2.16. The zero-order valence-corrected chi connectivity index (χ0v) is 10.0. The molecule has 0 aliphatic heterocycles. The quantitative estimate of drug-likeness (QED) is 0.852. The number of nitrogens with zero attached hydrogens (tertiary/aromatic N) is 1. The lowest BCUT2D eigenvalue weighted by Gasteiger charge is -2.17. The molecule has 1 rings (SSSR count). The Bertz CT molecular complexity index is 388. The number of carboxylic acids is 1. The number of pyridine rings is 1. The molecule has 16 heavy (non-hydrogen) atoms. The van der Waals surface area contributed by atoms with Gasteiger partial charge in [-0.15, -0.1) is 0 Å². The van der Waals surface area contributed by atoms with E-state index < -0.39 is 5.97 Å². The number of carboxylic acid groups (broad SMARTS) is 1. The van der Waals surface area contributed by atoms with Gasteiger partial charge < -0.3 is 9.84 Å². The van der Waals surface area contributed by atoms with Gasteiger partial charge in [-0.05, 0) is 25.8 Å². The second-order valence-electron chi connectivity index (χ2n) is 4.15. The fourth-order valence-corrected chi connectivity index (χ4v) is 1.16. The molecule has 0 fully saturated rings. The molecule has 1 atom stereocenters. The molecule has 0 aromatic carbocycles. The van der Waals surface area contributed by atoms with Crippen LogP contribution in [0.5, 0.6) is 5.88 Å². The second kappa shape index (κ2) is 4.96. The summed E-state index contributed by atoms with van der Waals surface area (Å²) in [5, 5.41) is 8.85. The van der Waals surface area contributed by atoms with E-state index in [2.05, 4.69) is 18.8 Å².